The van der Waals surface area contributed by atoms with Crippen molar-refractivity contribution < 1.29 is 18.0 Å². The number of hydrogen-bond acceptors (Lipinski definition) is 4. The van der Waals surface area contributed by atoms with Crippen molar-refractivity contribution >= 4 is 62.3 Å². The molecule has 11 heteroatoms. The van der Waals surface area contributed by atoms with Crippen molar-refractivity contribution in [3.8, 4) is 0 Å². The third-order valence-electron chi connectivity index (χ3n) is 6.22. The first kappa shape index (κ1) is 30.8. The van der Waals surface area contributed by atoms with E-state index in [0.717, 1.165) is 4.31 Å². The Hall–Kier alpha value is -2.78. The highest BCUT2D eigenvalue weighted by Crippen LogP contribution is 2.33. The van der Waals surface area contributed by atoms with Gasteiger partial charge in [-0.25, -0.2) is 8.42 Å². The van der Waals surface area contributed by atoms with Crippen LogP contribution in [0.4, 0.5) is 5.69 Å². The minimum atomic E-state index is -4.24. The molecule has 7 nitrogen and oxygen atoms in total. The third-order valence-corrected chi connectivity index (χ3v) is 8.80. The van der Waals surface area contributed by atoms with Crippen molar-refractivity contribution in [2.45, 2.75) is 50.7 Å². The van der Waals surface area contributed by atoms with Gasteiger partial charge in [0, 0.05) is 22.6 Å². The van der Waals surface area contributed by atoms with E-state index in [0.29, 0.717) is 17.0 Å². The molecule has 3 aromatic rings. The van der Waals surface area contributed by atoms with Crippen LogP contribution in [0.5, 0.6) is 0 Å². The second-order valence-electron chi connectivity index (χ2n) is 9.06. The number of rotatable bonds is 11. The van der Waals surface area contributed by atoms with E-state index in [4.69, 9.17) is 34.8 Å². The quantitative estimate of drug-likeness (QED) is 0.281. The maximum atomic E-state index is 13.9. The molecule has 0 aliphatic carbocycles. The van der Waals surface area contributed by atoms with Gasteiger partial charge in [-0.2, -0.15) is 0 Å². The summed E-state index contributed by atoms with van der Waals surface area (Å²) in [7, 11) is -4.24. The van der Waals surface area contributed by atoms with E-state index in [1.54, 1.807) is 49.4 Å². The minimum absolute atomic E-state index is 0.0272. The summed E-state index contributed by atoms with van der Waals surface area (Å²) >= 11 is 18.6. The van der Waals surface area contributed by atoms with E-state index in [1.165, 1.54) is 35.2 Å². The summed E-state index contributed by atoms with van der Waals surface area (Å²) in [6, 6.07) is 17.9. The molecule has 0 heterocycles. The number of benzene rings is 3. The SMILES string of the molecule is CC[C@H](C)NC(=O)[C@@H](C)N(Cc1ccc(Cl)cc1)C(=O)CN(c1cc(Cl)ccc1Cl)S(=O)(=O)c1ccccc1. The van der Waals surface area contributed by atoms with E-state index < -0.39 is 28.5 Å². The topological polar surface area (TPSA) is 86.8 Å². The number of carbonyl (C=O) groups is 2. The fourth-order valence-electron chi connectivity index (χ4n) is 3.74. The number of hydrogen-bond donors (Lipinski definition) is 1. The second-order valence-corrected chi connectivity index (χ2v) is 12.2. The van der Waals surface area contributed by atoms with Gasteiger partial charge in [-0.3, -0.25) is 13.9 Å². The van der Waals surface area contributed by atoms with Crippen LogP contribution in [0, 0.1) is 0 Å². The number of carbonyl (C=O) groups excluding carboxylic acids is 2. The Kier molecular flexibility index (Phi) is 10.7. The monoisotopic (exact) mass is 609 g/mol. The predicted octanol–water partition coefficient (Wildman–Crippen LogP) is 6.17. The molecule has 0 aliphatic heterocycles. The fourth-order valence-corrected chi connectivity index (χ4v) is 5.75. The molecule has 3 aromatic carbocycles. The maximum Gasteiger partial charge on any atom is 0.264 e. The summed E-state index contributed by atoms with van der Waals surface area (Å²) in [5, 5.41) is 3.76. The molecule has 208 valence electrons. The van der Waals surface area contributed by atoms with Crippen molar-refractivity contribution in [1.82, 2.24) is 10.2 Å². The molecule has 0 saturated heterocycles. The Morgan fingerprint density at radius 2 is 1.51 bits per heavy atom. The van der Waals surface area contributed by atoms with E-state index in [1.807, 2.05) is 13.8 Å². The maximum absolute atomic E-state index is 13.9. The first-order valence-corrected chi connectivity index (χ1v) is 14.9. The van der Waals surface area contributed by atoms with Crippen LogP contribution in [0.15, 0.2) is 77.7 Å². The van der Waals surface area contributed by atoms with Crippen LogP contribution in [0.3, 0.4) is 0 Å². The van der Waals surface area contributed by atoms with Crippen LogP contribution in [-0.2, 0) is 26.2 Å². The van der Waals surface area contributed by atoms with E-state index in [9.17, 15) is 18.0 Å². The summed E-state index contributed by atoms with van der Waals surface area (Å²) in [6.07, 6.45) is 0.708. The molecule has 0 aromatic heterocycles. The Labute approximate surface area is 244 Å². The summed E-state index contributed by atoms with van der Waals surface area (Å²) < 4.78 is 28.5. The lowest BCUT2D eigenvalue weighted by Gasteiger charge is -2.32. The van der Waals surface area contributed by atoms with Crippen LogP contribution in [0.1, 0.15) is 32.8 Å². The molecular formula is C28H30Cl3N3O4S. The molecule has 0 spiro atoms. The number of anilines is 1. The molecule has 0 bridgehead atoms. The van der Waals surface area contributed by atoms with Gasteiger partial charge in [0.05, 0.1) is 15.6 Å². The average molecular weight is 611 g/mol. The zero-order chi connectivity index (χ0) is 28.7. The van der Waals surface area contributed by atoms with E-state index in [2.05, 4.69) is 5.32 Å². The van der Waals surface area contributed by atoms with Gasteiger partial charge in [0.1, 0.15) is 12.6 Å². The largest absolute Gasteiger partial charge is 0.352 e. The van der Waals surface area contributed by atoms with Gasteiger partial charge in [0.15, 0.2) is 0 Å². The normalized spacial score (nSPS) is 12.9. The number of sulfonamides is 1. The molecule has 1 N–H and O–H groups in total. The molecular weight excluding hydrogens is 581 g/mol. The Balaban J connectivity index is 2.05. The molecule has 3 rings (SSSR count). The highest BCUT2D eigenvalue weighted by Gasteiger charge is 2.33. The van der Waals surface area contributed by atoms with Crippen LogP contribution < -0.4 is 9.62 Å². The lowest BCUT2D eigenvalue weighted by molar-refractivity contribution is -0.139. The van der Waals surface area contributed by atoms with Gasteiger partial charge in [0.25, 0.3) is 10.0 Å². The van der Waals surface area contributed by atoms with Crippen molar-refractivity contribution in [2.24, 2.45) is 0 Å². The van der Waals surface area contributed by atoms with Crippen molar-refractivity contribution in [3.05, 3.63) is 93.4 Å². The first-order valence-electron chi connectivity index (χ1n) is 12.3. The van der Waals surface area contributed by atoms with E-state index >= 15 is 0 Å². The molecule has 2 atom stereocenters. The summed E-state index contributed by atoms with van der Waals surface area (Å²) in [5.41, 5.74) is 0.763. The van der Waals surface area contributed by atoms with Gasteiger partial charge in [-0.15, -0.1) is 0 Å². The van der Waals surface area contributed by atoms with Gasteiger partial charge in [0.2, 0.25) is 11.8 Å². The highest BCUT2D eigenvalue weighted by molar-refractivity contribution is 7.92. The summed E-state index contributed by atoms with van der Waals surface area (Å²) in [6.45, 7) is 4.84. The number of halogens is 3. The molecule has 0 unspecified atom stereocenters. The van der Waals surface area contributed by atoms with Crippen molar-refractivity contribution in [1.29, 1.82) is 0 Å². The number of amides is 2. The number of nitrogens with zero attached hydrogens (tertiary/aromatic N) is 2. The van der Waals surface area contributed by atoms with Gasteiger partial charge in [-0.05, 0) is 68.3 Å². The van der Waals surface area contributed by atoms with E-state index in [-0.39, 0.29) is 39.1 Å². The molecule has 2 amide bonds. The van der Waals surface area contributed by atoms with Crippen LogP contribution in [-0.4, -0.2) is 43.8 Å². The van der Waals surface area contributed by atoms with Gasteiger partial charge >= 0.3 is 0 Å². The first-order chi connectivity index (χ1) is 18.4. The second kappa shape index (κ2) is 13.5. The Morgan fingerprint density at radius 1 is 0.897 bits per heavy atom. The van der Waals surface area contributed by atoms with Gasteiger partial charge < -0.3 is 10.2 Å². The summed E-state index contributed by atoms with van der Waals surface area (Å²) in [4.78, 5) is 28.3. The third kappa shape index (κ3) is 7.88. The molecule has 0 saturated carbocycles. The zero-order valence-corrected chi connectivity index (χ0v) is 24.9. The molecule has 39 heavy (non-hydrogen) atoms. The predicted molar refractivity (Wildman–Crippen MR) is 157 cm³/mol. The van der Waals surface area contributed by atoms with Crippen molar-refractivity contribution in [3.63, 3.8) is 0 Å². The smallest absolute Gasteiger partial charge is 0.264 e. The number of nitrogens with one attached hydrogen (secondary N) is 1. The Morgan fingerprint density at radius 3 is 2.13 bits per heavy atom. The average Bonchev–Trinajstić information content (AvgIpc) is 2.92. The van der Waals surface area contributed by atoms with Gasteiger partial charge in [-0.1, -0.05) is 72.1 Å². The van der Waals surface area contributed by atoms with Crippen LogP contribution in [0.2, 0.25) is 15.1 Å². The lowest BCUT2D eigenvalue weighted by atomic mass is 10.1. The summed E-state index contributed by atoms with van der Waals surface area (Å²) in [5.74, 6) is -0.961. The Bertz CT molecular complexity index is 1400. The molecule has 0 fully saturated rings. The standard InChI is InChI=1S/C28H30Cl3N3O4S/c1-4-19(2)32-28(36)20(3)33(17-21-10-12-22(29)13-11-21)27(35)18-34(26-16-23(30)14-15-25(26)31)39(37,38)24-8-6-5-7-9-24/h5-16,19-20H,4,17-18H2,1-3H3,(H,32,36)/t19-,20+/m0/s1. The molecule has 0 aliphatic rings. The van der Waals surface area contributed by atoms with Crippen molar-refractivity contribution in [2.75, 3.05) is 10.8 Å². The zero-order valence-electron chi connectivity index (χ0n) is 21.8. The highest BCUT2D eigenvalue weighted by atomic mass is 35.5. The lowest BCUT2D eigenvalue weighted by Crippen LogP contribution is -2.52. The van der Waals surface area contributed by atoms with Crippen LogP contribution in [0.25, 0.3) is 0 Å². The minimum Gasteiger partial charge on any atom is -0.352 e. The fraction of sp³-hybridized carbons (Fsp3) is 0.286. The molecule has 0 radical (unpaired) electrons. The van der Waals surface area contributed by atoms with Crippen LogP contribution >= 0.6 is 34.8 Å².